The standard InChI is InChI=1S/C16H15BrClF/c1-10-8-16(18)11(2)7-14(10)15(17)9-12-3-5-13(19)6-4-12/h3-8,15H,9H2,1-2H3. The molecular weight excluding hydrogens is 327 g/mol. The second-order valence-electron chi connectivity index (χ2n) is 4.76. The zero-order valence-electron chi connectivity index (χ0n) is 10.9. The SMILES string of the molecule is Cc1cc(C(Br)Cc2ccc(F)cc2)c(C)cc1Cl. The zero-order chi connectivity index (χ0) is 14.0. The number of benzene rings is 2. The molecule has 0 amide bonds. The molecule has 1 unspecified atom stereocenters. The van der Waals surface area contributed by atoms with E-state index < -0.39 is 0 Å². The molecule has 0 N–H and O–H groups in total. The number of hydrogen-bond donors (Lipinski definition) is 0. The third-order valence-electron chi connectivity index (χ3n) is 3.21. The normalized spacial score (nSPS) is 12.5. The Balaban J connectivity index is 2.22. The second-order valence-corrected chi connectivity index (χ2v) is 6.27. The highest BCUT2D eigenvalue weighted by atomic mass is 79.9. The molecule has 0 radical (unpaired) electrons. The summed E-state index contributed by atoms with van der Waals surface area (Å²) in [5.41, 5.74) is 4.58. The van der Waals surface area contributed by atoms with Gasteiger partial charge in [-0.1, -0.05) is 45.7 Å². The third-order valence-corrected chi connectivity index (χ3v) is 4.44. The first kappa shape index (κ1) is 14.5. The highest BCUT2D eigenvalue weighted by Gasteiger charge is 2.13. The molecular formula is C16H15BrClF. The topological polar surface area (TPSA) is 0 Å². The molecule has 0 saturated heterocycles. The molecule has 0 nitrogen and oxygen atoms in total. The lowest BCUT2D eigenvalue weighted by atomic mass is 9.98. The maximum Gasteiger partial charge on any atom is 0.123 e. The number of alkyl halides is 1. The number of aryl methyl sites for hydroxylation is 2. The van der Waals surface area contributed by atoms with Crippen LogP contribution in [0.15, 0.2) is 36.4 Å². The largest absolute Gasteiger partial charge is 0.207 e. The van der Waals surface area contributed by atoms with Crippen LogP contribution >= 0.6 is 27.5 Å². The van der Waals surface area contributed by atoms with E-state index in [0.717, 1.165) is 22.6 Å². The predicted octanol–water partition coefficient (Wildman–Crippen LogP) is 5.77. The maximum atomic E-state index is 12.9. The minimum absolute atomic E-state index is 0.201. The fourth-order valence-electron chi connectivity index (χ4n) is 2.08. The monoisotopic (exact) mass is 340 g/mol. The highest BCUT2D eigenvalue weighted by molar-refractivity contribution is 9.09. The van der Waals surface area contributed by atoms with Crippen LogP contribution in [0.1, 0.15) is 27.1 Å². The molecule has 2 aromatic carbocycles. The number of halogens is 3. The van der Waals surface area contributed by atoms with Crippen LogP contribution in [0.2, 0.25) is 5.02 Å². The van der Waals surface area contributed by atoms with Crippen molar-refractivity contribution in [2.24, 2.45) is 0 Å². The van der Waals surface area contributed by atoms with Crippen LogP contribution in [0, 0.1) is 19.7 Å². The molecule has 19 heavy (non-hydrogen) atoms. The van der Waals surface area contributed by atoms with E-state index in [1.54, 1.807) is 0 Å². The molecule has 0 saturated carbocycles. The molecule has 0 heterocycles. The average molecular weight is 342 g/mol. The van der Waals surface area contributed by atoms with Gasteiger partial charge in [0.1, 0.15) is 5.82 Å². The molecule has 1 atom stereocenters. The Kier molecular flexibility index (Phi) is 4.64. The minimum Gasteiger partial charge on any atom is -0.207 e. The quantitative estimate of drug-likeness (QED) is 0.621. The van der Waals surface area contributed by atoms with Gasteiger partial charge >= 0.3 is 0 Å². The van der Waals surface area contributed by atoms with E-state index in [0.29, 0.717) is 0 Å². The summed E-state index contributed by atoms with van der Waals surface area (Å²) in [5.74, 6) is -0.201. The van der Waals surface area contributed by atoms with Gasteiger partial charge in [0, 0.05) is 9.85 Å². The molecule has 0 aliphatic carbocycles. The lowest BCUT2D eigenvalue weighted by molar-refractivity contribution is 0.627. The molecule has 0 aliphatic heterocycles. The van der Waals surface area contributed by atoms with Crippen LogP contribution < -0.4 is 0 Å². The fraction of sp³-hybridized carbons (Fsp3) is 0.250. The van der Waals surface area contributed by atoms with Gasteiger partial charge in [-0.05, 0) is 60.7 Å². The van der Waals surface area contributed by atoms with Crippen molar-refractivity contribution in [3.05, 3.63) is 69.5 Å². The van der Waals surface area contributed by atoms with Gasteiger partial charge in [-0.2, -0.15) is 0 Å². The summed E-state index contributed by atoms with van der Waals surface area (Å²) in [5, 5.41) is 0.794. The van der Waals surface area contributed by atoms with Crippen molar-refractivity contribution in [1.29, 1.82) is 0 Å². The number of rotatable bonds is 3. The molecule has 2 aromatic rings. The molecule has 0 fully saturated rings. The molecule has 0 spiro atoms. The van der Waals surface area contributed by atoms with Gasteiger partial charge in [-0.3, -0.25) is 0 Å². The molecule has 2 rings (SSSR count). The Morgan fingerprint density at radius 2 is 1.74 bits per heavy atom. The molecule has 100 valence electrons. The third kappa shape index (κ3) is 3.58. The van der Waals surface area contributed by atoms with Gasteiger partial charge in [0.15, 0.2) is 0 Å². The Labute approximate surface area is 126 Å². The molecule has 0 aromatic heterocycles. The summed E-state index contributed by atoms with van der Waals surface area (Å²) in [6.07, 6.45) is 0.822. The van der Waals surface area contributed by atoms with Crippen LogP contribution in [-0.4, -0.2) is 0 Å². The van der Waals surface area contributed by atoms with Gasteiger partial charge in [0.05, 0.1) is 0 Å². The maximum absolute atomic E-state index is 12.9. The van der Waals surface area contributed by atoms with E-state index in [1.807, 2.05) is 25.1 Å². The summed E-state index contributed by atoms with van der Waals surface area (Å²) in [6.45, 7) is 4.06. The van der Waals surface area contributed by atoms with Crippen molar-refractivity contribution in [3.63, 3.8) is 0 Å². The van der Waals surface area contributed by atoms with E-state index >= 15 is 0 Å². The van der Waals surface area contributed by atoms with Crippen LogP contribution in [0.5, 0.6) is 0 Å². The molecule has 0 aliphatic rings. The van der Waals surface area contributed by atoms with Crippen LogP contribution in [0.4, 0.5) is 4.39 Å². The Bertz CT molecular complexity index is 578. The van der Waals surface area contributed by atoms with Crippen LogP contribution in [-0.2, 0) is 6.42 Å². The Morgan fingerprint density at radius 3 is 2.37 bits per heavy atom. The average Bonchev–Trinajstić information content (AvgIpc) is 2.36. The van der Waals surface area contributed by atoms with E-state index in [-0.39, 0.29) is 10.6 Å². The van der Waals surface area contributed by atoms with Crippen molar-refractivity contribution >= 4 is 27.5 Å². The first-order valence-electron chi connectivity index (χ1n) is 6.12. The fourth-order valence-corrected chi connectivity index (χ4v) is 3.16. The summed E-state index contributed by atoms with van der Waals surface area (Å²) in [6, 6.07) is 10.7. The summed E-state index contributed by atoms with van der Waals surface area (Å²) < 4.78 is 12.9. The van der Waals surface area contributed by atoms with Crippen LogP contribution in [0.25, 0.3) is 0 Å². The van der Waals surface area contributed by atoms with Gasteiger partial charge in [0.25, 0.3) is 0 Å². The lowest BCUT2D eigenvalue weighted by Gasteiger charge is -2.15. The van der Waals surface area contributed by atoms with Crippen molar-refractivity contribution in [3.8, 4) is 0 Å². The summed E-state index contributed by atoms with van der Waals surface area (Å²) in [4.78, 5) is 0.203. The smallest absolute Gasteiger partial charge is 0.123 e. The highest BCUT2D eigenvalue weighted by Crippen LogP contribution is 2.32. The summed E-state index contributed by atoms with van der Waals surface area (Å²) in [7, 11) is 0. The second kappa shape index (κ2) is 6.06. The van der Waals surface area contributed by atoms with Crippen molar-refractivity contribution in [1.82, 2.24) is 0 Å². The first-order chi connectivity index (χ1) is 8.97. The molecule has 0 bridgehead atoms. The number of hydrogen-bond acceptors (Lipinski definition) is 0. The lowest BCUT2D eigenvalue weighted by Crippen LogP contribution is -1.99. The van der Waals surface area contributed by atoms with Crippen LogP contribution in [0.3, 0.4) is 0 Å². The Morgan fingerprint density at radius 1 is 1.11 bits per heavy atom. The zero-order valence-corrected chi connectivity index (χ0v) is 13.2. The Hall–Kier alpha value is -0.860. The van der Waals surface area contributed by atoms with Gasteiger partial charge in [-0.25, -0.2) is 4.39 Å². The predicted molar refractivity (Wildman–Crippen MR) is 82.7 cm³/mol. The van der Waals surface area contributed by atoms with E-state index in [4.69, 9.17) is 11.6 Å². The van der Waals surface area contributed by atoms with Crippen molar-refractivity contribution in [2.75, 3.05) is 0 Å². The molecule has 3 heteroatoms. The first-order valence-corrected chi connectivity index (χ1v) is 7.42. The van der Waals surface area contributed by atoms with E-state index in [9.17, 15) is 4.39 Å². The van der Waals surface area contributed by atoms with E-state index in [1.165, 1.54) is 23.3 Å². The minimum atomic E-state index is -0.201. The van der Waals surface area contributed by atoms with Crippen molar-refractivity contribution in [2.45, 2.75) is 25.1 Å². The summed E-state index contributed by atoms with van der Waals surface area (Å²) >= 11 is 9.83. The van der Waals surface area contributed by atoms with Gasteiger partial charge in [-0.15, -0.1) is 0 Å². The van der Waals surface area contributed by atoms with Gasteiger partial charge < -0.3 is 0 Å². The van der Waals surface area contributed by atoms with Gasteiger partial charge in [0.2, 0.25) is 0 Å². The van der Waals surface area contributed by atoms with Crippen molar-refractivity contribution < 1.29 is 4.39 Å². The van der Waals surface area contributed by atoms with E-state index in [2.05, 4.69) is 28.9 Å².